The predicted octanol–water partition coefficient (Wildman–Crippen LogP) is 9.09. The lowest BCUT2D eigenvalue weighted by molar-refractivity contribution is -0.0432. The molecule has 0 aliphatic heterocycles. The van der Waals surface area contributed by atoms with Gasteiger partial charge in [-0.1, -0.05) is 182 Å². The monoisotopic (exact) mass is 622 g/mol. The minimum absolute atomic E-state index is 0.0628. The van der Waals surface area contributed by atoms with Gasteiger partial charge in [0, 0.05) is 0 Å². The van der Waals surface area contributed by atoms with E-state index >= 15 is 0 Å². The Hall–Kier alpha value is -4.46. The molecule has 0 aromatic heterocycles. The highest BCUT2D eigenvalue weighted by Gasteiger charge is 2.74. The summed E-state index contributed by atoms with van der Waals surface area (Å²) >= 11 is 0. The van der Waals surface area contributed by atoms with Crippen molar-refractivity contribution in [1.29, 1.82) is 0 Å². The van der Waals surface area contributed by atoms with Gasteiger partial charge < -0.3 is 0 Å². The normalized spacial score (nSPS) is 27.8. The van der Waals surface area contributed by atoms with Gasteiger partial charge in [-0.15, -0.1) is 0 Å². The fraction of sp³-hybridized carbons (Fsp3) is 0.217. The SMILES string of the molecule is c1ccc(C23CC4(c5ccccc5)CC(c5ccccc5)(C2)CC([Si](c2ccccc2)(c2ccccc2)c2ccccc2)(C3)C4)cc1. The van der Waals surface area contributed by atoms with Crippen molar-refractivity contribution in [3.8, 4) is 0 Å². The van der Waals surface area contributed by atoms with Gasteiger partial charge in [0.15, 0.2) is 8.07 Å². The largest absolute Gasteiger partial charge is 0.154 e. The van der Waals surface area contributed by atoms with Crippen LogP contribution in [0.3, 0.4) is 0 Å². The maximum atomic E-state index is 2.49. The second-order valence-corrected chi connectivity index (χ2v) is 19.4. The third kappa shape index (κ3) is 4.19. The first kappa shape index (κ1) is 28.7. The maximum Gasteiger partial charge on any atom is 0.154 e. The Balaban J connectivity index is 1.44. The van der Waals surface area contributed by atoms with Gasteiger partial charge >= 0.3 is 0 Å². The van der Waals surface area contributed by atoms with Crippen molar-refractivity contribution in [3.63, 3.8) is 0 Å². The molecule has 4 fully saturated rings. The molecule has 47 heavy (non-hydrogen) atoms. The minimum atomic E-state index is -2.71. The summed E-state index contributed by atoms with van der Waals surface area (Å²) in [6.45, 7) is 0. The zero-order chi connectivity index (χ0) is 31.4. The molecule has 0 atom stereocenters. The fourth-order valence-electron chi connectivity index (χ4n) is 11.8. The van der Waals surface area contributed by atoms with Gasteiger partial charge in [-0.05, 0) is 92.1 Å². The second-order valence-electron chi connectivity index (χ2n) is 15.1. The van der Waals surface area contributed by atoms with E-state index in [1.165, 1.54) is 38.5 Å². The zero-order valence-electron chi connectivity index (χ0n) is 27.1. The summed E-state index contributed by atoms with van der Waals surface area (Å²) < 4.78 is 0. The van der Waals surface area contributed by atoms with E-state index in [9.17, 15) is 0 Å². The van der Waals surface area contributed by atoms with E-state index in [0.717, 1.165) is 0 Å². The first-order valence-electron chi connectivity index (χ1n) is 17.5. The molecule has 1 heteroatoms. The predicted molar refractivity (Wildman–Crippen MR) is 199 cm³/mol. The van der Waals surface area contributed by atoms with Crippen LogP contribution in [0.2, 0.25) is 5.04 Å². The molecule has 230 valence electrons. The Morgan fingerprint density at radius 2 is 0.511 bits per heavy atom. The molecule has 0 N–H and O–H groups in total. The quantitative estimate of drug-likeness (QED) is 0.123. The van der Waals surface area contributed by atoms with Crippen molar-refractivity contribution in [2.24, 2.45) is 0 Å². The Kier molecular flexibility index (Phi) is 6.60. The average molecular weight is 623 g/mol. The lowest BCUT2D eigenvalue weighted by atomic mass is 9.36. The van der Waals surface area contributed by atoms with Crippen molar-refractivity contribution in [3.05, 3.63) is 199 Å². The van der Waals surface area contributed by atoms with Crippen LogP contribution in [0, 0.1) is 0 Å². The Labute approximate surface area is 281 Å². The summed E-state index contributed by atoms with van der Waals surface area (Å²) in [4.78, 5) is 0. The van der Waals surface area contributed by atoms with Crippen molar-refractivity contribution < 1.29 is 0 Å². The Morgan fingerprint density at radius 1 is 0.277 bits per heavy atom. The van der Waals surface area contributed by atoms with E-state index in [0.29, 0.717) is 0 Å². The van der Waals surface area contributed by atoms with E-state index in [-0.39, 0.29) is 21.3 Å². The first-order chi connectivity index (χ1) is 23.1. The molecule has 4 bridgehead atoms. The Bertz CT molecular complexity index is 1730. The van der Waals surface area contributed by atoms with E-state index in [4.69, 9.17) is 0 Å². The van der Waals surface area contributed by atoms with Gasteiger partial charge in [-0.3, -0.25) is 0 Å². The van der Waals surface area contributed by atoms with Gasteiger partial charge in [-0.2, -0.15) is 0 Å². The van der Waals surface area contributed by atoms with Crippen molar-refractivity contribution in [2.75, 3.05) is 0 Å². The van der Waals surface area contributed by atoms with Crippen molar-refractivity contribution in [1.82, 2.24) is 0 Å². The molecule has 6 aromatic rings. The van der Waals surface area contributed by atoms with Crippen LogP contribution >= 0.6 is 0 Å². The highest BCUT2D eigenvalue weighted by molar-refractivity contribution is 7.13. The molecule has 0 unspecified atom stereocenters. The summed E-state index contributed by atoms with van der Waals surface area (Å²) in [6, 6.07) is 70.6. The van der Waals surface area contributed by atoms with Crippen molar-refractivity contribution >= 4 is 23.6 Å². The molecular formula is C46H42Si. The van der Waals surface area contributed by atoms with Gasteiger partial charge in [0.1, 0.15) is 0 Å². The lowest BCUT2D eigenvalue weighted by Gasteiger charge is -2.74. The average Bonchev–Trinajstić information content (AvgIpc) is 3.14. The molecule has 4 saturated carbocycles. The van der Waals surface area contributed by atoms with Gasteiger partial charge in [0.2, 0.25) is 0 Å². The molecular weight excluding hydrogens is 581 g/mol. The minimum Gasteiger partial charge on any atom is -0.0624 e. The molecule has 0 heterocycles. The summed E-state index contributed by atoms with van der Waals surface area (Å²) in [6.07, 6.45) is 7.31. The fourth-order valence-corrected chi connectivity index (χ4v) is 18.5. The summed E-state index contributed by atoms with van der Waals surface area (Å²) in [5.74, 6) is 0. The summed E-state index contributed by atoms with van der Waals surface area (Å²) in [7, 11) is -2.71. The highest BCUT2D eigenvalue weighted by Crippen LogP contribution is 2.79. The maximum absolute atomic E-state index is 2.71. The van der Waals surface area contributed by atoms with Gasteiger partial charge in [0.05, 0.1) is 0 Å². The molecule has 0 nitrogen and oxygen atoms in total. The van der Waals surface area contributed by atoms with Crippen LogP contribution in [0.5, 0.6) is 0 Å². The number of hydrogen-bond donors (Lipinski definition) is 0. The molecule has 0 saturated heterocycles. The van der Waals surface area contributed by atoms with E-state index in [1.54, 1.807) is 32.3 Å². The van der Waals surface area contributed by atoms with Crippen LogP contribution in [-0.2, 0) is 16.2 Å². The van der Waals surface area contributed by atoms with E-state index in [2.05, 4.69) is 182 Å². The first-order valence-corrected chi connectivity index (χ1v) is 19.5. The third-order valence-corrected chi connectivity index (χ3v) is 18.4. The van der Waals surface area contributed by atoms with Gasteiger partial charge in [-0.25, -0.2) is 0 Å². The molecule has 0 radical (unpaired) electrons. The highest BCUT2D eigenvalue weighted by atomic mass is 28.3. The number of hydrogen-bond acceptors (Lipinski definition) is 0. The smallest absolute Gasteiger partial charge is 0.0624 e. The van der Waals surface area contributed by atoms with Gasteiger partial charge in [0.25, 0.3) is 0 Å². The van der Waals surface area contributed by atoms with Crippen LogP contribution in [0.1, 0.15) is 55.2 Å². The van der Waals surface area contributed by atoms with E-state index < -0.39 is 8.07 Å². The van der Waals surface area contributed by atoms with Crippen LogP contribution in [-0.4, -0.2) is 8.07 Å². The molecule has 4 aliphatic rings. The zero-order valence-corrected chi connectivity index (χ0v) is 28.1. The molecule has 0 amide bonds. The number of rotatable bonds is 7. The van der Waals surface area contributed by atoms with Crippen LogP contribution in [0.4, 0.5) is 0 Å². The number of benzene rings is 6. The van der Waals surface area contributed by atoms with Crippen LogP contribution in [0.15, 0.2) is 182 Å². The third-order valence-electron chi connectivity index (χ3n) is 12.6. The second kappa shape index (κ2) is 10.8. The lowest BCUT2D eigenvalue weighted by Crippen LogP contribution is -2.80. The van der Waals surface area contributed by atoms with Crippen molar-refractivity contribution in [2.45, 2.75) is 59.8 Å². The summed E-state index contributed by atoms with van der Waals surface area (Å²) in [5.41, 5.74) is 4.83. The molecule has 10 rings (SSSR count). The molecule has 6 aromatic carbocycles. The van der Waals surface area contributed by atoms with E-state index in [1.807, 2.05) is 0 Å². The molecule has 4 aliphatic carbocycles. The standard InChI is InChI=1S/C46H42Si/c1-7-19-37(20-8-1)43-31-44(38-21-9-2-10-22-38)33-45(32-43,39-23-11-3-12-24-39)36-46(34-43,35-44)47(40-25-13-4-14-26-40,41-27-15-5-16-28-41)42-29-17-6-18-30-42/h1-30H,31-36H2. The van der Waals surface area contributed by atoms with Crippen LogP contribution < -0.4 is 15.6 Å². The molecule has 0 spiro atoms. The topological polar surface area (TPSA) is 0 Å². The Morgan fingerprint density at radius 3 is 0.766 bits per heavy atom. The van der Waals surface area contributed by atoms with Crippen LogP contribution in [0.25, 0.3) is 0 Å². The summed E-state index contributed by atoms with van der Waals surface area (Å²) in [5, 5.41) is 4.71.